The molecule has 0 aromatic heterocycles. The predicted octanol–water partition coefficient (Wildman–Crippen LogP) is 2.93. The molecule has 3 rings (SSSR count). The first-order chi connectivity index (χ1) is 16.3. The number of rotatable bonds is 7. The minimum absolute atomic E-state index is 0.0472. The number of benzene rings is 2. The molecule has 1 saturated heterocycles. The first-order valence-corrected chi connectivity index (χ1v) is 10.7. The van der Waals surface area contributed by atoms with Crippen molar-refractivity contribution in [1.29, 1.82) is 0 Å². The molecule has 0 radical (unpaired) electrons. The molecule has 11 nitrogen and oxygen atoms in total. The molecule has 1 heterocycles. The van der Waals surface area contributed by atoms with Gasteiger partial charge < -0.3 is 19.1 Å². The largest absolute Gasteiger partial charge is 0.493 e. The van der Waals surface area contributed by atoms with Crippen molar-refractivity contribution in [3.05, 3.63) is 51.6 Å². The summed E-state index contributed by atoms with van der Waals surface area (Å²) >= 11 is 0. The van der Waals surface area contributed by atoms with Crippen LogP contribution >= 0.6 is 0 Å². The Morgan fingerprint density at radius 1 is 0.941 bits per heavy atom. The van der Waals surface area contributed by atoms with Gasteiger partial charge in [-0.3, -0.25) is 30.6 Å². The van der Waals surface area contributed by atoms with E-state index >= 15 is 0 Å². The molecule has 0 bridgehead atoms. The SMILES string of the molecule is COc1cc(C(=O)NNC(=O)c2ccc(N3CCC(C)CC3)c([N+](=O)[O-])c2)cc(OC)c1OC. The Kier molecular flexibility index (Phi) is 7.77. The number of hydrazine groups is 1. The molecule has 34 heavy (non-hydrogen) atoms. The van der Waals surface area contributed by atoms with E-state index in [1.54, 1.807) is 6.07 Å². The van der Waals surface area contributed by atoms with Gasteiger partial charge in [-0.15, -0.1) is 0 Å². The fraction of sp³-hybridized carbons (Fsp3) is 0.391. The van der Waals surface area contributed by atoms with Gasteiger partial charge in [-0.25, -0.2) is 0 Å². The maximum absolute atomic E-state index is 12.6. The lowest BCUT2D eigenvalue weighted by Gasteiger charge is -2.31. The van der Waals surface area contributed by atoms with Crippen molar-refractivity contribution < 1.29 is 28.7 Å². The first kappa shape index (κ1) is 24.6. The van der Waals surface area contributed by atoms with E-state index in [9.17, 15) is 19.7 Å². The van der Waals surface area contributed by atoms with Crippen LogP contribution in [0.15, 0.2) is 30.3 Å². The summed E-state index contributed by atoms with van der Waals surface area (Å²) in [6, 6.07) is 7.16. The molecule has 1 fully saturated rings. The molecule has 0 atom stereocenters. The third kappa shape index (κ3) is 5.30. The number of nitro groups is 1. The monoisotopic (exact) mass is 472 g/mol. The quantitative estimate of drug-likeness (QED) is 0.464. The van der Waals surface area contributed by atoms with Crippen molar-refractivity contribution in [2.75, 3.05) is 39.3 Å². The number of nitrogens with zero attached hydrogens (tertiary/aromatic N) is 2. The second-order valence-electron chi connectivity index (χ2n) is 7.95. The normalized spacial score (nSPS) is 13.7. The Balaban J connectivity index is 1.74. The van der Waals surface area contributed by atoms with Crippen LogP contribution in [0.5, 0.6) is 17.2 Å². The van der Waals surface area contributed by atoms with Gasteiger partial charge in [0.05, 0.1) is 26.3 Å². The van der Waals surface area contributed by atoms with E-state index in [2.05, 4.69) is 17.8 Å². The molecule has 2 N–H and O–H groups in total. The van der Waals surface area contributed by atoms with Crippen LogP contribution in [-0.2, 0) is 0 Å². The topological polar surface area (TPSA) is 132 Å². The van der Waals surface area contributed by atoms with Crippen LogP contribution < -0.4 is 30.0 Å². The fourth-order valence-corrected chi connectivity index (χ4v) is 3.80. The highest BCUT2D eigenvalue weighted by molar-refractivity contribution is 6.00. The zero-order valence-corrected chi connectivity index (χ0v) is 19.5. The lowest BCUT2D eigenvalue weighted by molar-refractivity contribution is -0.384. The van der Waals surface area contributed by atoms with E-state index in [1.165, 1.54) is 45.6 Å². The molecule has 2 amide bonds. The van der Waals surface area contributed by atoms with E-state index in [-0.39, 0.29) is 28.3 Å². The Labute approximate surface area is 197 Å². The summed E-state index contributed by atoms with van der Waals surface area (Å²) in [5, 5.41) is 11.7. The smallest absolute Gasteiger partial charge is 0.293 e. The van der Waals surface area contributed by atoms with Crippen LogP contribution in [0.3, 0.4) is 0 Å². The van der Waals surface area contributed by atoms with E-state index in [1.807, 2.05) is 4.90 Å². The number of carbonyl (C=O) groups excluding carboxylic acids is 2. The lowest BCUT2D eigenvalue weighted by Crippen LogP contribution is -2.41. The highest BCUT2D eigenvalue weighted by Crippen LogP contribution is 2.38. The zero-order chi connectivity index (χ0) is 24.8. The highest BCUT2D eigenvalue weighted by Gasteiger charge is 2.25. The van der Waals surface area contributed by atoms with Crippen molar-refractivity contribution in [2.45, 2.75) is 19.8 Å². The molecular formula is C23H28N4O7. The lowest BCUT2D eigenvalue weighted by atomic mass is 9.98. The van der Waals surface area contributed by atoms with Crippen molar-refractivity contribution in [2.24, 2.45) is 5.92 Å². The number of ether oxygens (including phenoxy) is 3. The zero-order valence-electron chi connectivity index (χ0n) is 19.5. The molecule has 1 aliphatic heterocycles. The number of methoxy groups -OCH3 is 3. The van der Waals surface area contributed by atoms with E-state index in [4.69, 9.17) is 14.2 Å². The van der Waals surface area contributed by atoms with E-state index in [0.29, 0.717) is 17.4 Å². The summed E-state index contributed by atoms with van der Waals surface area (Å²) in [6.45, 7) is 3.60. The third-order valence-corrected chi connectivity index (χ3v) is 5.78. The second kappa shape index (κ2) is 10.7. The van der Waals surface area contributed by atoms with Crippen LogP contribution in [0.25, 0.3) is 0 Å². The third-order valence-electron chi connectivity index (χ3n) is 5.78. The van der Waals surface area contributed by atoms with Crippen molar-refractivity contribution >= 4 is 23.2 Å². The fourth-order valence-electron chi connectivity index (χ4n) is 3.80. The summed E-state index contributed by atoms with van der Waals surface area (Å²) < 4.78 is 15.7. The predicted molar refractivity (Wildman–Crippen MR) is 125 cm³/mol. The van der Waals surface area contributed by atoms with E-state index in [0.717, 1.165) is 25.9 Å². The minimum Gasteiger partial charge on any atom is -0.493 e. The summed E-state index contributed by atoms with van der Waals surface area (Å²) in [5.74, 6) is 0.118. The number of hydrogen-bond donors (Lipinski definition) is 2. The van der Waals surface area contributed by atoms with Crippen molar-refractivity contribution in [3.8, 4) is 17.2 Å². The molecular weight excluding hydrogens is 444 g/mol. The number of hydrogen-bond acceptors (Lipinski definition) is 8. The van der Waals surface area contributed by atoms with Gasteiger partial charge in [0.2, 0.25) is 5.75 Å². The van der Waals surface area contributed by atoms with Gasteiger partial charge in [0.15, 0.2) is 11.5 Å². The van der Waals surface area contributed by atoms with E-state index < -0.39 is 16.7 Å². The van der Waals surface area contributed by atoms with Gasteiger partial charge in [0.1, 0.15) is 5.69 Å². The van der Waals surface area contributed by atoms with Gasteiger partial charge in [-0.2, -0.15) is 0 Å². The number of piperidine rings is 1. The summed E-state index contributed by atoms with van der Waals surface area (Å²) in [4.78, 5) is 38.3. The van der Waals surface area contributed by atoms with Gasteiger partial charge >= 0.3 is 0 Å². The number of anilines is 1. The average Bonchev–Trinajstić information content (AvgIpc) is 2.86. The molecule has 11 heteroatoms. The Hall–Kier alpha value is -4.02. The molecule has 2 aromatic rings. The molecule has 0 saturated carbocycles. The number of nitrogens with one attached hydrogen (secondary N) is 2. The maximum Gasteiger partial charge on any atom is 0.293 e. The van der Waals surface area contributed by atoms with Gasteiger partial charge in [0, 0.05) is 30.3 Å². The first-order valence-electron chi connectivity index (χ1n) is 10.7. The average molecular weight is 472 g/mol. The molecule has 2 aromatic carbocycles. The van der Waals surface area contributed by atoms with Crippen LogP contribution in [0.2, 0.25) is 0 Å². The van der Waals surface area contributed by atoms with Gasteiger partial charge in [-0.05, 0) is 43.0 Å². The van der Waals surface area contributed by atoms with Crippen LogP contribution in [0.4, 0.5) is 11.4 Å². The standard InChI is InChI=1S/C23H28N4O7/c1-14-7-9-26(10-8-14)17-6-5-15(11-18(17)27(30)31)22(28)24-25-23(29)16-12-19(32-2)21(34-4)20(13-16)33-3/h5-6,11-14H,7-10H2,1-4H3,(H,24,28)(H,25,29). The number of carbonyl (C=O) groups is 2. The maximum atomic E-state index is 12.6. The highest BCUT2D eigenvalue weighted by atomic mass is 16.6. The Morgan fingerprint density at radius 3 is 2.00 bits per heavy atom. The molecule has 0 unspecified atom stereocenters. The number of amides is 2. The van der Waals surface area contributed by atoms with Crippen LogP contribution in [-0.4, -0.2) is 51.2 Å². The Morgan fingerprint density at radius 2 is 1.50 bits per heavy atom. The Bertz CT molecular complexity index is 1060. The molecule has 0 spiro atoms. The number of nitro benzene ring substituents is 1. The summed E-state index contributed by atoms with van der Waals surface area (Å²) in [5.41, 5.74) is 5.11. The summed E-state index contributed by atoms with van der Waals surface area (Å²) in [6.07, 6.45) is 1.90. The minimum atomic E-state index is -0.692. The van der Waals surface area contributed by atoms with Crippen LogP contribution in [0.1, 0.15) is 40.5 Å². The van der Waals surface area contributed by atoms with Crippen LogP contribution in [0, 0.1) is 16.0 Å². The molecule has 0 aliphatic carbocycles. The molecule has 182 valence electrons. The second-order valence-corrected chi connectivity index (χ2v) is 7.95. The van der Waals surface area contributed by atoms with Crippen molar-refractivity contribution in [3.63, 3.8) is 0 Å². The molecule has 1 aliphatic rings. The van der Waals surface area contributed by atoms with Gasteiger partial charge in [-0.1, -0.05) is 6.92 Å². The van der Waals surface area contributed by atoms with Crippen molar-refractivity contribution in [1.82, 2.24) is 10.9 Å². The van der Waals surface area contributed by atoms with Gasteiger partial charge in [0.25, 0.3) is 17.5 Å². The summed E-state index contributed by atoms with van der Waals surface area (Å²) in [7, 11) is 4.28.